The van der Waals surface area contributed by atoms with Crippen molar-refractivity contribution in [2.75, 3.05) is 14.2 Å². The van der Waals surface area contributed by atoms with Crippen molar-refractivity contribution in [1.29, 1.82) is 0 Å². The molecular weight excluding hydrogens is 360 g/mol. The third-order valence-electron chi connectivity index (χ3n) is 3.24. The minimum atomic E-state index is -1.00. The molecule has 0 saturated heterocycles. The number of carbonyl (C=O) groups excluding carboxylic acids is 2. The molecule has 1 rings (SSSR count). The molecule has 1 unspecified atom stereocenters. The number of hydrogen-bond acceptors (Lipinski definition) is 8. The van der Waals surface area contributed by atoms with Crippen LogP contribution in [0.4, 0.5) is 10.5 Å². The molecule has 0 bridgehead atoms. The summed E-state index contributed by atoms with van der Waals surface area (Å²) in [6, 6.07) is 1.54. The van der Waals surface area contributed by atoms with Gasteiger partial charge in [-0.05, 0) is 33.8 Å². The first-order valence-electron chi connectivity index (χ1n) is 8.04. The van der Waals surface area contributed by atoms with Gasteiger partial charge in [0.25, 0.3) is 5.69 Å². The maximum atomic E-state index is 12.1. The monoisotopic (exact) mass is 384 g/mol. The number of nitro groups is 1. The number of alkyl carbamates (subject to hydrolysis) is 1. The summed E-state index contributed by atoms with van der Waals surface area (Å²) in [5.74, 6) is -0.335. The van der Waals surface area contributed by atoms with Gasteiger partial charge < -0.3 is 24.3 Å². The molecule has 1 atom stereocenters. The average molecular weight is 384 g/mol. The van der Waals surface area contributed by atoms with E-state index in [1.807, 2.05) is 0 Å². The molecule has 0 heterocycles. The third-order valence-corrected chi connectivity index (χ3v) is 3.24. The molecule has 1 N–H and O–H groups in total. The van der Waals surface area contributed by atoms with Gasteiger partial charge in [0.1, 0.15) is 18.2 Å². The van der Waals surface area contributed by atoms with Gasteiger partial charge in [0.15, 0.2) is 11.5 Å². The molecule has 150 valence electrons. The van der Waals surface area contributed by atoms with Crippen LogP contribution in [0.1, 0.15) is 33.3 Å². The molecule has 0 saturated carbocycles. The van der Waals surface area contributed by atoms with Crippen molar-refractivity contribution >= 4 is 17.7 Å². The number of nitro benzene ring substituents is 1. The Kier molecular flexibility index (Phi) is 7.38. The van der Waals surface area contributed by atoms with Crippen molar-refractivity contribution in [2.45, 2.75) is 45.9 Å². The van der Waals surface area contributed by atoms with E-state index in [1.54, 1.807) is 20.8 Å². The van der Waals surface area contributed by atoms with Crippen molar-refractivity contribution in [1.82, 2.24) is 5.32 Å². The van der Waals surface area contributed by atoms with Crippen molar-refractivity contribution in [3.8, 4) is 11.5 Å². The number of nitrogens with zero attached hydrogens (tertiary/aromatic N) is 1. The fraction of sp³-hybridized carbons (Fsp3) is 0.529. The van der Waals surface area contributed by atoms with Crippen molar-refractivity contribution in [2.24, 2.45) is 0 Å². The van der Waals surface area contributed by atoms with E-state index in [1.165, 1.54) is 33.3 Å². The lowest BCUT2D eigenvalue weighted by Crippen LogP contribution is -2.42. The molecule has 10 heteroatoms. The Balaban J connectivity index is 2.83. The number of methoxy groups -OCH3 is 2. The number of benzene rings is 1. The first kappa shape index (κ1) is 22.0. The Hall–Kier alpha value is -3.04. The van der Waals surface area contributed by atoms with Crippen LogP contribution >= 0.6 is 0 Å². The Morgan fingerprint density at radius 3 is 2.22 bits per heavy atom. The largest absolute Gasteiger partial charge is 0.493 e. The van der Waals surface area contributed by atoms with Gasteiger partial charge in [0, 0.05) is 0 Å². The minimum absolute atomic E-state index is 0.121. The number of esters is 1. The van der Waals surface area contributed by atoms with E-state index in [-0.39, 0.29) is 29.4 Å². The van der Waals surface area contributed by atoms with Crippen LogP contribution in [0.15, 0.2) is 12.1 Å². The van der Waals surface area contributed by atoms with E-state index in [9.17, 15) is 19.7 Å². The molecule has 0 aliphatic heterocycles. The smallest absolute Gasteiger partial charge is 0.408 e. The molecular formula is C17H24N2O8. The molecule has 1 aromatic rings. The molecule has 0 aromatic heterocycles. The van der Waals surface area contributed by atoms with E-state index >= 15 is 0 Å². The Morgan fingerprint density at radius 2 is 1.74 bits per heavy atom. The first-order chi connectivity index (χ1) is 12.5. The average Bonchev–Trinajstić information content (AvgIpc) is 2.56. The fourth-order valence-corrected chi connectivity index (χ4v) is 2.01. The Labute approximate surface area is 156 Å². The molecule has 0 radical (unpaired) electrons. The summed E-state index contributed by atoms with van der Waals surface area (Å²) >= 11 is 0. The van der Waals surface area contributed by atoms with Gasteiger partial charge >= 0.3 is 12.1 Å². The second-order valence-corrected chi connectivity index (χ2v) is 6.57. The lowest BCUT2D eigenvalue weighted by molar-refractivity contribution is -0.385. The number of carbonyl (C=O) groups is 2. The SMILES string of the molecule is COc1cc(COC(=O)C(C)NC(=O)OC(C)(C)C)c([N+](=O)[O-])cc1OC. The highest BCUT2D eigenvalue weighted by Gasteiger charge is 2.24. The van der Waals surface area contributed by atoms with E-state index in [0.717, 1.165) is 0 Å². The van der Waals surface area contributed by atoms with Gasteiger partial charge in [0.2, 0.25) is 0 Å². The number of amides is 1. The predicted octanol–water partition coefficient (Wildman–Crippen LogP) is 2.57. The highest BCUT2D eigenvalue weighted by atomic mass is 16.6. The van der Waals surface area contributed by atoms with Crippen LogP contribution in [0.3, 0.4) is 0 Å². The van der Waals surface area contributed by atoms with E-state index in [2.05, 4.69) is 5.32 Å². The van der Waals surface area contributed by atoms with E-state index in [0.29, 0.717) is 0 Å². The normalized spacial score (nSPS) is 11.9. The van der Waals surface area contributed by atoms with Gasteiger partial charge in [-0.25, -0.2) is 9.59 Å². The molecule has 1 aromatic carbocycles. The standard InChI is InChI=1S/C17H24N2O8/c1-10(18-16(21)27-17(2,3)4)15(20)26-9-11-7-13(24-5)14(25-6)8-12(11)19(22)23/h7-8,10H,9H2,1-6H3,(H,18,21). The van der Waals surface area contributed by atoms with E-state index in [4.69, 9.17) is 18.9 Å². The zero-order chi connectivity index (χ0) is 20.8. The zero-order valence-electron chi connectivity index (χ0n) is 16.2. The quantitative estimate of drug-likeness (QED) is 0.432. The maximum absolute atomic E-state index is 12.1. The van der Waals surface area contributed by atoms with Crippen LogP contribution in [-0.4, -0.2) is 42.8 Å². The van der Waals surface area contributed by atoms with Crippen LogP contribution in [0.2, 0.25) is 0 Å². The second-order valence-electron chi connectivity index (χ2n) is 6.57. The number of nitrogens with one attached hydrogen (secondary N) is 1. The van der Waals surface area contributed by atoms with Crippen LogP contribution in [0, 0.1) is 10.1 Å². The number of hydrogen-bond donors (Lipinski definition) is 1. The Bertz CT molecular complexity index is 712. The summed E-state index contributed by atoms with van der Waals surface area (Å²) in [6.07, 6.45) is -0.774. The summed E-state index contributed by atoms with van der Waals surface area (Å²) in [4.78, 5) is 34.4. The van der Waals surface area contributed by atoms with Crippen molar-refractivity contribution in [3.05, 3.63) is 27.8 Å². The molecule has 0 fully saturated rings. The van der Waals surface area contributed by atoms with Gasteiger partial charge in [-0.3, -0.25) is 10.1 Å². The van der Waals surface area contributed by atoms with Crippen LogP contribution in [-0.2, 0) is 20.9 Å². The summed E-state index contributed by atoms with van der Waals surface area (Å²) in [5, 5.41) is 13.6. The van der Waals surface area contributed by atoms with Crippen LogP contribution in [0.25, 0.3) is 0 Å². The summed E-state index contributed by atoms with van der Waals surface area (Å²) in [5.41, 5.74) is -0.878. The minimum Gasteiger partial charge on any atom is -0.493 e. The lowest BCUT2D eigenvalue weighted by Gasteiger charge is -2.21. The zero-order valence-corrected chi connectivity index (χ0v) is 16.2. The van der Waals surface area contributed by atoms with Crippen LogP contribution in [0.5, 0.6) is 11.5 Å². The maximum Gasteiger partial charge on any atom is 0.408 e. The number of rotatable bonds is 7. The number of ether oxygens (including phenoxy) is 4. The fourth-order valence-electron chi connectivity index (χ4n) is 2.01. The summed E-state index contributed by atoms with van der Waals surface area (Å²) < 4.78 is 20.3. The topological polar surface area (TPSA) is 126 Å². The Morgan fingerprint density at radius 1 is 1.19 bits per heavy atom. The molecule has 10 nitrogen and oxygen atoms in total. The molecule has 1 amide bonds. The van der Waals surface area contributed by atoms with Gasteiger partial charge in [0.05, 0.1) is 30.8 Å². The molecule has 0 aliphatic rings. The second kappa shape index (κ2) is 9.06. The highest BCUT2D eigenvalue weighted by molar-refractivity contribution is 5.81. The summed E-state index contributed by atoms with van der Waals surface area (Å²) in [7, 11) is 2.73. The van der Waals surface area contributed by atoms with Gasteiger partial charge in [-0.15, -0.1) is 0 Å². The van der Waals surface area contributed by atoms with E-state index < -0.39 is 28.6 Å². The lowest BCUT2D eigenvalue weighted by atomic mass is 10.1. The van der Waals surface area contributed by atoms with Gasteiger partial charge in [-0.2, -0.15) is 0 Å². The molecule has 0 aliphatic carbocycles. The van der Waals surface area contributed by atoms with Crippen LogP contribution < -0.4 is 14.8 Å². The van der Waals surface area contributed by atoms with Crippen molar-refractivity contribution < 1.29 is 33.5 Å². The van der Waals surface area contributed by atoms with Gasteiger partial charge in [-0.1, -0.05) is 0 Å². The molecule has 0 spiro atoms. The third kappa shape index (κ3) is 6.65. The predicted molar refractivity (Wildman–Crippen MR) is 94.8 cm³/mol. The molecule has 27 heavy (non-hydrogen) atoms. The first-order valence-corrected chi connectivity index (χ1v) is 8.04. The summed E-state index contributed by atoms with van der Waals surface area (Å²) in [6.45, 7) is 6.09. The van der Waals surface area contributed by atoms with Crippen molar-refractivity contribution in [3.63, 3.8) is 0 Å². The highest BCUT2D eigenvalue weighted by Crippen LogP contribution is 2.34.